The van der Waals surface area contributed by atoms with Crippen LogP contribution < -0.4 is 0 Å². The summed E-state index contributed by atoms with van der Waals surface area (Å²) in [6.45, 7) is 0.753. The summed E-state index contributed by atoms with van der Waals surface area (Å²) in [7, 11) is 0. The fourth-order valence-electron chi connectivity index (χ4n) is 2.57. The van der Waals surface area contributed by atoms with E-state index in [-0.39, 0.29) is 18.0 Å². The van der Waals surface area contributed by atoms with Gasteiger partial charge in [-0.3, -0.25) is 9.69 Å². The summed E-state index contributed by atoms with van der Waals surface area (Å²) in [5, 5.41) is 29.0. The summed E-state index contributed by atoms with van der Waals surface area (Å²) in [6, 6.07) is 10.4. The van der Waals surface area contributed by atoms with Gasteiger partial charge in [-0.2, -0.15) is 0 Å². The van der Waals surface area contributed by atoms with E-state index in [1.165, 1.54) is 0 Å². The maximum Gasteiger partial charge on any atom is 0.317 e. The zero-order valence-electron chi connectivity index (χ0n) is 13.5. The lowest BCUT2D eigenvalue weighted by Gasteiger charge is -2.21. The number of aliphatic carboxylic acids is 1. The van der Waals surface area contributed by atoms with Crippen molar-refractivity contribution < 1.29 is 20.1 Å². The predicted octanol–water partition coefficient (Wildman–Crippen LogP) is 4.14. The van der Waals surface area contributed by atoms with Crippen LogP contribution >= 0.6 is 31.9 Å². The lowest BCUT2D eigenvalue weighted by Crippen LogP contribution is -2.30. The summed E-state index contributed by atoms with van der Waals surface area (Å²) in [5.41, 5.74) is 1.48. The number of benzene rings is 2. The zero-order valence-corrected chi connectivity index (χ0v) is 16.6. The van der Waals surface area contributed by atoms with Gasteiger partial charge in [-0.25, -0.2) is 0 Å². The third-order valence-corrected chi connectivity index (χ3v) is 4.74. The molecule has 0 spiro atoms. The molecule has 2 rings (SSSR count). The second-order valence-electron chi connectivity index (χ2n) is 5.75. The Hall–Kier alpha value is -1.57. The van der Waals surface area contributed by atoms with E-state index in [0.717, 1.165) is 14.5 Å². The summed E-state index contributed by atoms with van der Waals surface area (Å²) in [6.07, 6.45) is 1.32. The smallest absolute Gasteiger partial charge is 0.317 e. The summed E-state index contributed by atoms with van der Waals surface area (Å²) in [5.74, 6) is -0.541. The largest absolute Gasteiger partial charge is 0.508 e. The molecule has 134 valence electrons. The van der Waals surface area contributed by atoms with Crippen molar-refractivity contribution in [3.63, 3.8) is 0 Å². The van der Waals surface area contributed by atoms with Crippen molar-refractivity contribution in [2.24, 2.45) is 0 Å². The number of carboxylic acid groups (broad SMARTS) is 1. The highest BCUT2D eigenvalue weighted by Gasteiger charge is 2.13. The van der Waals surface area contributed by atoms with Crippen LogP contribution in [0.25, 0.3) is 0 Å². The van der Waals surface area contributed by atoms with E-state index in [2.05, 4.69) is 31.9 Å². The third-order valence-electron chi connectivity index (χ3n) is 3.76. The Morgan fingerprint density at radius 2 is 1.52 bits per heavy atom. The SMILES string of the molecule is O=C(O)CN(CCCc1cc(Br)ccc1O)Cc1cc(Br)ccc1O. The molecule has 0 amide bonds. The summed E-state index contributed by atoms with van der Waals surface area (Å²) >= 11 is 6.73. The Kier molecular flexibility index (Phi) is 7.28. The molecular weight excluding hydrogens is 454 g/mol. The normalized spacial score (nSPS) is 11.0. The average molecular weight is 473 g/mol. The molecule has 0 heterocycles. The minimum atomic E-state index is -0.917. The van der Waals surface area contributed by atoms with Crippen LogP contribution in [0, 0.1) is 0 Å². The van der Waals surface area contributed by atoms with Crippen LogP contribution in [-0.2, 0) is 17.8 Å². The van der Waals surface area contributed by atoms with Crippen LogP contribution in [0.15, 0.2) is 45.3 Å². The number of aryl methyl sites for hydroxylation is 1. The molecule has 0 aliphatic rings. The number of nitrogens with zero attached hydrogens (tertiary/aromatic N) is 1. The van der Waals surface area contributed by atoms with Crippen LogP contribution in [0.4, 0.5) is 0 Å². The van der Waals surface area contributed by atoms with E-state index >= 15 is 0 Å². The molecule has 25 heavy (non-hydrogen) atoms. The number of hydrogen-bond acceptors (Lipinski definition) is 4. The lowest BCUT2D eigenvalue weighted by molar-refractivity contribution is -0.138. The molecule has 5 nitrogen and oxygen atoms in total. The van der Waals surface area contributed by atoms with Gasteiger partial charge in [-0.15, -0.1) is 0 Å². The van der Waals surface area contributed by atoms with E-state index in [9.17, 15) is 15.0 Å². The number of carbonyl (C=O) groups is 1. The lowest BCUT2D eigenvalue weighted by atomic mass is 10.1. The molecule has 0 radical (unpaired) electrons. The standard InChI is InChI=1S/C18H19Br2NO4/c19-14-3-5-16(22)12(8-14)2-1-7-21(11-18(24)25)10-13-9-15(20)4-6-17(13)23/h3-6,8-9,22-23H,1-2,7,10-11H2,(H,24,25). The Balaban J connectivity index is 2.01. The average Bonchev–Trinajstić information content (AvgIpc) is 2.53. The fourth-order valence-corrected chi connectivity index (χ4v) is 3.39. The number of phenolic OH excluding ortho intramolecular Hbond substituents is 2. The second-order valence-corrected chi connectivity index (χ2v) is 7.59. The molecule has 7 heteroatoms. The number of hydrogen-bond donors (Lipinski definition) is 3. The molecule has 0 aliphatic heterocycles. The number of halogens is 2. The molecule has 0 saturated carbocycles. The highest BCUT2D eigenvalue weighted by molar-refractivity contribution is 9.10. The number of rotatable bonds is 8. The van der Waals surface area contributed by atoms with Gasteiger partial charge in [0.25, 0.3) is 0 Å². The fraction of sp³-hybridized carbons (Fsp3) is 0.278. The van der Waals surface area contributed by atoms with E-state index in [0.29, 0.717) is 31.5 Å². The molecule has 0 fully saturated rings. The Labute approximate surface area is 163 Å². The highest BCUT2D eigenvalue weighted by Crippen LogP contribution is 2.25. The third kappa shape index (κ3) is 6.34. The molecule has 0 atom stereocenters. The minimum Gasteiger partial charge on any atom is -0.508 e. The maximum absolute atomic E-state index is 11.1. The van der Waals surface area contributed by atoms with E-state index in [1.807, 2.05) is 6.07 Å². The van der Waals surface area contributed by atoms with Gasteiger partial charge in [0.2, 0.25) is 0 Å². The first kappa shape index (κ1) is 19.8. The van der Waals surface area contributed by atoms with Crippen molar-refractivity contribution in [2.45, 2.75) is 19.4 Å². The van der Waals surface area contributed by atoms with Crippen LogP contribution in [0.3, 0.4) is 0 Å². The Morgan fingerprint density at radius 1 is 0.960 bits per heavy atom. The van der Waals surface area contributed by atoms with Crippen molar-refractivity contribution in [1.82, 2.24) is 4.90 Å². The maximum atomic E-state index is 11.1. The highest BCUT2D eigenvalue weighted by atomic mass is 79.9. The van der Waals surface area contributed by atoms with Crippen LogP contribution in [0.5, 0.6) is 11.5 Å². The summed E-state index contributed by atoms with van der Waals surface area (Å²) in [4.78, 5) is 12.9. The van der Waals surface area contributed by atoms with Crippen molar-refractivity contribution in [3.05, 3.63) is 56.5 Å². The van der Waals surface area contributed by atoms with Crippen LogP contribution in [-0.4, -0.2) is 39.3 Å². The van der Waals surface area contributed by atoms with Gasteiger partial charge in [-0.05, 0) is 61.3 Å². The predicted molar refractivity (Wildman–Crippen MR) is 103 cm³/mol. The summed E-state index contributed by atoms with van der Waals surface area (Å²) < 4.78 is 1.72. The quantitative estimate of drug-likeness (QED) is 0.537. The van der Waals surface area contributed by atoms with Crippen molar-refractivity contribution >= 4 is 37.8 Å². The van der Waals surface area contributed by atoms with Gasteiger partial charge in [-0.1, -0.05) is 31.9 Å². The molecular formula is C18H19Br2NO4. The van der Waals surface area contributed by atoms with Gasteiger partial charge in [0.1, 0.15) is 11.5 Å². The molecule has 2 aromatic rings. The molecule has 0 aromatic heterocycles. The first-order valence-electron chi connectivity index (χ1n) is 7.74. The first-order chi connectivity index (χ1) is 11.8. The Morgan fingerprint density at radius 3 is 2.12 bits per heavy atom. The van der Waals surface area contributed by atoms with E-state index in [4.69, 9.17) is 5.11 Å². The van der Waals surface area contributed by atoms with Crippen molar-refractivity contribution in [3.8, 4) is 11.5 Å². The molecule has 0 aliphatic carbocycles. The van der Waals surface area contributed by atoms with Gasteiger partial charge in [0.15, 0.2) is 0 Å². The number of carboxylic acids is 1. The minimum absolute atomic E-state index is 0.115. The molecule has 3 N–H and O–H groups in total. The first-order valence-corrected chi connectivity index (χ1v) is 9.32. The van der Waals surface area contributed by atoms with Crippen molar-refractivity contribution in [1.29, 1.82) is 0 Å². The van der Waals surface area contributed by atoms with E-state index < -0.39 is 5.97 Å². The van der Waals surface area contributed by atoms with E-state index in [1.54, 1.807) is 35.2 Å². The molecule has 0 saturated heterocycles. The molecule has 0 unspecified atom stereocenters. The van der Waals surface area contributed by atoms with Crippen molar-refractivity contribution in [2.75, 3.05) is 13.1 Å². The topological polar surface area (TPSA) is 81.0 Å². The van der Waals surface area contributed by atoms with Gasteiger partial charge in [0.05, 0.1) is 6.54 Å². The van der Waals surface area contributed by atoms with Gasteiger partial charge >= 0.3 is 5.97 Å². The number of phenols is 2. The van der Waals surface area contributed by atoms with Gasteiger partial charge < -0.3 is 15.3 Å². The van der Waals surface area contributed by atoms with Crippen LogP contribution in [0.1, 0.15) is 17.5 Å². The van der Waals surface area contributed by atoms with Crippen LogP contribution in [0.2, 0.25) is 0 Å². The zero-order chi connectivity index (χ0) is 18.4. The monoisotopic (exact) mass is 471 g/mol. The molecule has 2 aromatic carbocycles. The second kappa shape index (κ2) is 9.22. The number of aromatic hydroxyl groups is 2. The van der Waals surface area contributed by atoms with Gasteiger partial charge in [0, 0.05) is 21.1 Å². The Bertz CT molecular complexity index is 752. The molecule has 0 bridgehead atoms.